The highest BCUT2D eigenvalue weighted by Gasteiger charge is 2.44. The summed E-state index contributed by atoms with van der Waals surface area (Å²) in [5.41, 5.74) is 2.09. The van der Waals surface area contributed by atoms with Crippen LogP contribution in [0.3, 0.4) is 0 Å². The molecule has 1 aromatic heterocycles. The summed E-state index contributed by atoms with van der Waals surface area (Å²) in [6.45, 7) is 4.04. The predicted octanol–water partition coefficient (Wildman–Crippen LogP) is 3.64. The molecule has 0 amide bonds. The van der Waals surface area contributed by atoms with Crippen molar-refractivity contribution in [3.63, 3.8) is 0 Å². The Morgan fingerprint density at radius 2 is 2.18 bits per heavy atom. The van der Waals surface area contributed by atoms with E-state index >= 15 is 0 Å². The van der Waals surface area contributed by atoms with E-state index in [0.717, 1.165) is 29.7 Å². The number of carbonyl (C=O) groups excluding carboxylic acids is 1. The Balaban J connectivity index is 2.01. The van der Waals surface area contributed by atoms with Crippen molar-refractivity contribution in [2.24, 2.45) is 10.9 Å². The van der Waals surface area contributed by atoms with Gasteiger partial charge in [0, 0.05) is 30.0 Å². The van der Waals surface area contributed by atoms with Crippen molar-refractivity contribution in [3.05, 3.63) is 35.2 Å². The molecule has 4 nitrogen and oxygen atoms in total. The Labute approximate surface area is 135 Å². The molecule has 0 fully saturated rings. The fraction of sp³-hybridized carbons (Fsp3) is 0.471. The zero-order valence-electron chi connectivity index (χ0n) is 13.0. The van der Waals surface area contributed by atoms with Gasteiger partial charge in [0.05, 0.1) is 12.5 Å². The molecule has 1 aliphatic carbocycles. The van der Waals surface area contributed by atoms with E-state index in [1.807, 2.05) is 19.9 Å². The molecule has 2 atom stereocenters. The summed E-state index contributed by atoms with van der Waals surface area (Å²) in [4.78, 5) is 21.8. The normalized spacial score (nSPS) is 28.3. The molecule has 2 aliphatic rings. The standard InChI is InChI=1S/C17H19ClN2O2/c1-10-8-13(18)20-12-6-7-17(2,16(21)15(10)12)11-4-5-14(22-3)19-9-11/h4-5,9-10H,6-8H2,1-3H3/t10-,17?/m0/s1. The van der Waals surface area contributed by atoms with Crippen molar-refractivity contribution in [2.45, 2.75) is 38.5 Å². The number of carbonyl (C=O) groups is 1. The lowest BCUT2D eigenvalue weighted by molar-refractivity contribution is -0.121. The summed E-state index contributed by atoms with van der Waals surface area (Å²) in [5, 5.41) is 0.605. The molecule has 5 heteroatoms. The second kappa shape index (κ2) is 5.51. The minimum Gasteiger partial charge on any atom is -0.481 e. The molecule has 3 rings (SSSR count). The number of rotatable bonds is 2. The lowest BCUT2D eigenvalue weighted by Crippen LogP contribution is -2.40. The number of pyridine rings is 1. The van der Waals surface area contributed by atoms with Crippen LogP contribution in [0.1, 0.15) is 38.7 Å². The Morgan fingerprint density at radius 3 is 2.82 bits per heavy atom. The Hall–Kier alpha value is -1.68. The lowest BCUT2D eigenvalue weighted by Gasteiger charge is -2.37. The van der Waals surface area contributed by atoms with Crippen molar-refractivity contribution < 1.29 is 9.53 Å². The van der Waals surface area contributed by atoms with Gasteiger partial charge >= 0.3 is 0 Å². The number of halogens is 1. The molecule has 0 saturated heterocycles. The van der Waals surface area contributed by atoms with Gasteiger partial charge in [0.2, 0.25) is 5.88 Å². The number of allylic oxidation sites excluding steroid dienone is 2. The number of ketones is 1. The fourth-order valence-corrected chi connectivity index (χ4v) is 3.65. The van der Waals surface area contributed by atoms with Gasteiger partial charge in [-0.3, -0.25) is 4.79 Å². The maximum atomic E-state index is 13.1. The number of nitrogens with zero attached hydrogens (tertiary/aromatic N) is 2. The van der Waals surface area contributed by atoms with Gasteiger partial charge in [0.25, 0.3) is 0 Å². The molecule has 0 aromatic carbocycles. The van der Waals surface area contributed by atoms with Gasteiger partial charge in [-0.2, -0.15) is 0 Å². The van der Waals surface area contributed by atoms with Gasteiger partial charge in [-0.15, -0.1) is 0 Å². The number of Topliss-reactive ketones (excluding diaryl/α,β-unsaturated/α-hetero) is 1. The number of aliphatic imine (C=N–C) groups is 1. The minimum atomic E-state index is -0.550. The first-order chi connectivity index (χ1) is 10.5. The van der Waals surface area contributed by atoms with Crippen LogP contribution in [0.2, 0.25) is 0 Å². The Kier molecular flexibility index (Phi) is 3.81. The van der Waals surface area contributed by atoms with Gasteiger partial charge in [-0.1, -0.05) is 24.6 Å². The number of hydrogen-bond donors (Lipinski definition) is 0. The third-order valence-corrected chi connectivity index (χ3v) is 4.96. The molecular weight excluding hydrogens is 300 g/mol. The highest BCUT2D eigenvalue weighted by atomic mass is 35.5. The van der Waals surface area contributed by atoms with Crippen LogP contribution >= 0.6 is 11.6 Å². The first kappa shape index (κ1) is 15.2. The SMILES string of the molecule is COc1ccc(C2(C)CCC3=C(C2=O)[C@@H](C)CC(Cl)=N3)cn1. The highest BCUT2D eigenvalue weighted by Crippen LogP contribution is 2.44. The molecule has 0 saturated carbocycles. The van der Waals surface area contributed by atoms with E-state index in [-0.39, 0.29) is 11.7 Å². The number of aromatic nitrogens is 1. The summed E-state index contributed by atoms with van der Waals surface area (Å²) in [7, 11) is 1.58. The van der Waals surface area contributed by atoms with Crippen molar-refractivity contribution in [1.82, 2.24) is 4.98 Å². The predicted molar refractivity (Wildman–Crippen MR) is 86.5 cm³/mol. The number of hydrogen-bond acceptors (Lipinski definition) is 4. The molecule has 116 valence electrons. The summed E-state index contributed by atoms with van der Waals surface area (Å²) >= 11 is 6.08. The summed E-state index contributed by atoms with van der Waals surface area (Å²) in [6, 6.07) is 3.73. The molecule has 1 unspecified atom stereocenters. The molecule has 1 aliphatic heterocycles. The Bertz CT molecular complexity index is 678. The monoisotopic (exact) mass is 318 g/mol. The van der Waals surface area contributed by atoms with E-state index in [0.29, 0.717) is 17.5 Å². The largest absolute Gasteiger partial charge is 0.481 e. The Morgan fingerprint density at radius 1 is 1.41 bits per heavy atom. The van der Waals surface area contributed by atoms with Crippen LogP contribution < -0.4 is 4.74 Å². The highest BCUT2D eigenvalue weighted by molar-refractivity contribution is 6.65. The average molecular weight is 319 g/mol. The topological polar surface area (TPSA) is 51.5 Å². The molecule has 0 spiro atoms. The van der Waals surface area contributed by atoms with Crippen LogP contribution in [0.4, 0.5) is 0 Å². The second-order valence-electron chi connectivity index (χ2n) is 6.20. The van der Waals surface area contributed by atoms with Crippen LogP contribution in [0.15, 0.2) is 34.6 Å². The maximum Gasteiger partial charge on any atom is 0.212 e. The molecule has 0 radical (unpaired) electrons. The number of ether oxygens (including phenoxy) is 1. The van der Waals surface area contributed by atoms with Crippen LogP contribution in [-0.2, 0) is 10.2 Å². The second-order valence-corrected chi connectivity index (χ2v) is 6.64. The van der Waals surface area contributed by atoms with Gasteiger partial charge in [0.1, 0.15) is 5.17 Å². The summed E-state index contributed by atoms with van der Waals surface area (Å²) in [5.74, 6) is 0.831. The summed E-state index contributed by atoms with van der Waals surface area (Å²) in [6.07, 6.45) is 3.87. The minimum absolute atomic E-state index is 0.123. The van der Waals surface area contributed by atoms with Gasteiger partial charge in [-0.05, 0) is 31.2 Å². The van der Waals surface area contributed by atoms with Crippen molar-refractivity contribution in [3.8, 4) is 5.88 Å². The third-order valence-electron chi connectivity index (χ3n) is 4.72. The maximum absolute atomic E-state index is 13.1. The van der Waals surface area contributed by atoms with E-state index in [2.05, 4.69) is 9.98 Å². The molecular formula is C17H19ClN2O2. The van der Waals surface area contributed by atoms with E-state index in [9.17, 15) is 4.79 Å². The lowest BCUT2D eigenvalue weighted by atomic mass is 9.66. The first-order valence-electron chi connectivity index (χ1n) is 7.47. The van der Waals surface area contributed by atoms with E-state index < -0.39 is 5.41 Å². The zero-order chi connectivity index (χ0) is 15.9. The van der Waals surface area contributed by atoms with Crippen LogP contribution in [-0.4, -0.2) is 23.0 Å². The van der Waals surface area contributed by atoms with Crippen molar-refractivity contribution >= 4 is 22.6 Å². The van der Waals surface area contributed by atoms with E-state index in [4.69, 9.17) is 16.3 Å². The fourth-order valence-electron chi connectivity index (χ4n) is 3.32. The van der Waals surface area contributed by atoms with Crippen LogP contribution in [0, 0.1) is 5.92 Å². The van der Waals surface area contributed by atoms with Crippen molar-refractivity contribution in [1.29, 1.82) is 0 Å². The van der Waals surface area contributed by atoms with Gasteiger partial charge in [0.15, 0.2) is 5.78 Å². The summed E-state index contributed by atoms with van der Waals surface area (Å²) < 4.78 is 5.09. The molecule has 0 N–H and O–H groups in total. The smallest absolute Gasteiger partial charge is 0.212 e. The zero-order valence-corrected chi connectivity index (χ0v) is 13.8. The van der Waals surface area contributed by atoms with Gasteiger partial charge in [-0.25, -0.2) is 9.98 Å². The van der Waals surface area contributed by atoms with Crippen molar-refractivity contribution in [2.75, 3.05) is 7.11 Å². The quantitative estimate of drug-likeness (QED) is 0.836. The van der Waals surface area contributed by atoms with Gasteiger partial charge < -0.3 is 4.74 Å². The number of methoxy groups -OCH3 is 1. The molecule has 1 aromatic rings. The first-order valence-corrected chi connectivity index (χ1v) is 7.85. The third kappa shape index (κ3) is 2.35. The van der Waals surface area contributed by atoms with E-state index in [1.165, 1.54) is 0 Å². The molecule has 0 bridgehead atoms. The molecule has 22 heavy (non-hydrogen) atoms. The molecule has 2 heterocycles. The van der Waals surface area contributed by atoms with Crippen LogP contribution in [0.25, 0.3) is 0 Å². The van der Waals surface area contributed by atoms with E-state index in [1.54, 1.807) is 19.4 Å². The average Bonchev–Trinajstić information content (AvgIpc) is 2.50. The van der Waals surface area contributed by atoms with Crippen LogP contribution in [0.5, 0.6) is 5.88 Å².